The van der Waals surface area contributed by atoms with Gasteiger partial charge in [-0.2, -0.15) is 5.10 Å². The number of morpholine rings is 1. The number of carbonyl (C=O) groups excluding carboxylic acids is 2. The Kier molecular flexibility index (Phi) is 10.2. The second-order valence-corrected chi connectivity index (χ2v) is 9.92. The predicted octanol–water partition coefficient (Wildman–Crippen LogP) is 1.49. The summed E-state index contributed by atoms with van der Waals surface area (Å²) in [5, 5.41) is 19.4. The molecule has 4 rings (SSSR count). The molecule has 7 nitrogen and oxygen atoms in total. The van der Waals surface area contributed by atoms with Gasteiger partial charge in [0.1, 0.15) is 0 Å². The predicted molar refractivity (Wildman–Crippen MR) is 130 cm³/mol. The van der Waals surface area contributed by atoms with Gasteiger partial charge in [-0.05, 0) is 42.1 Å². The Morgan fingerprint density at radius 3 is 2.53 bits per heavy atom. The summed E-state index contributed by atoms with van der Waals surface area (Å²) in [5.41, 5.74) is 3.89. The van der Waals surface area contributed by atoms with Crippen molar-refractivity contribution in [3.63, 3.8) is 0 Å². The number of hydrogen-bond donors (Lipinski definition) is 1. The fourth-order valence-electron chi connectivity index (χ4n) is 3.18. The number of benzene rings is 1. The molecular formula is C22H18Cl2KN3O4S2. The SMILES string of the molecule is C/C(=N\NC(=O)c1ccc(C(=O)N2CCOCC2)s1)c1csc(-c2ccc(Cl)c(Cl)c2)c1[O-].[K+]. The van der Waals surface area contributed by atoms with Crippen molar-refractivity contribution in [1.29, 1.82) is 0 Å². The van der Waals surface area contributed by atoms with Crippen molar-refractivity contribution in [3.05, 3.63) is 61.1 Å². The van der Waals surface area contributed by atoms with Crippen molar-refractivity contribution < 1.29 is 70.8 Å². The van der Waals surface area contributed by atoms with Crippen LogP contribution in [0.3, 0.4) is 0 Å². The molecule has 1 aliphatic rings. The molecule has 0 unspecified atom stereocenters. The monoisotopic (exact) mass is 561 g/mol. The summed E-state index contributed by atoms with van der Waals surface area (Å²) in [6.45, 7) is 3.73. The van der Waals surface area contributed by atoms with Gasteiger partial charge in [0.2, 0.25) is 0 Å². The van der Waals surface area contributed by atoms with E-state index in [1.54, 1.807) is 47.5 Å². The molecule has 0 saturated carbocycles. The zero-order chi connectivity index (χ0) is 23.5. The number of nitrogens with one attached hydrogen (secondary N) is 1. The molecule has 3 aromatic rings. The van der Waals surface area contributed by atoms with E-state index in [1.165, 1.54) is 11.3 Å². The summed E-state index contributed by atoms with van der Waals surface area (Å²) in [5.74, 6) is -0.776. The Bertz CT molecular complexity index is 1240. The maximum Gasteiger partial charge on any atom is 1.00 e. The standard InChI is InChI=1S/C22H19Cl2N3O4S2.K/c1-12(14-11-32-20(19(14)28)13-2-3-15(23)16(24)10-13)25-26-21(29)17-4-5-18(33-17)22(30)27-6-8-31-9-7-27;/h2-5,10-11,28H,6-9H2,1H3,(H,26,29);/q;+1/p-1/b25-12+;. The van der Waals surface area contributed by atoms with Gasteiger partial charge >= 0.3 is 51.4 Å². The number of carbonyl (C=O) groups is 2. The van der Waals surface area contributed by atoms with Crippen LogP contribution in [0.15, 0.2) is 40.8 Å². The molecule has 0 spiro atoms. The molecule has 3 heterocycles. The van der Waals surface area contributed by atoms with Crippen molar-refractivity contribution in [1.82, 2.24) is 10.3 Å². The van der Waals surface area contributed by atoms with Crippen molar-refractivity contribution in [2.24, 2.45) is 5.10 Å². The minimum atomic E-state index is -0.451. The number of thiophene rings is 2. The summed E-state index contributed by atoms with van der Waals surface area (Å²) in [7, 11) is 0. The van der Waals surface area contributed by atoms with Gasteiger partial charge in [-0.3, -0.25) is 9.59 Å². The van der Waals surface area contributed by atoms with E-state index in [9.17, 15) is 14.7 Å². The van der Waals surface area contributed by atoms with Crippen LogP contribution in [0.25, 0.3) is 10.4 Å². The van der Waals surface area contributed by atoms with Crippen molar-refractivity contribution in [2.45, 2.75) is 6.92 Å². The van der Waals surface area contributed by atoms with Crippen LogP contribution in [0.1, 0.15) is 31.8 Å². The van der Waals surface area contributed by atoms with Crippen LogP contribution < -0.4 is 61.9 Å². The molecule has 1 aromatic carbocycles. The van der Waals surface area contributed by atoms with E-state index < -0.39 is 5.91 Å². The minimum absolute atomic E-state index is 0. The minimum Gasteiger partial charge on any atom is -0.871 e. The molecule has 1 aliphatic heterocycles. The fraction of sp³-hybridized carbons (Fsp3) is 0.227. The average Bonchev–Trinajstić information content (AvgIpc) is 3.46. The normalized spacial score (nSPS) is 14.0. The van der Waals surface area contributed by atoms with E-state index in [4.69, 9.17) is 27.9 Å². The van der Waals surface area contributed by atoms with Crippen LogP contribution in [0.2, 0.25) is 10.0 Å². The molecule has 1 saturated heterocycles. The summed E-state index contributed by atoms with van der Waals surface area (Å²) in [6.07, 6.45) is 0. The molecule has 34 heavy (non-hydrogen) atoms. The first-order chi connectivity index (χ1) is 15.8. The molecule has 2 aromatic heterocycles. The van der Waals surface area contributed by atoms with Crippen LogP contribution in [0.5, 0.6) is 5.75 Å². The maximum absolute atomic E-state index is 12.8. The smallest absolute Gasteiger partial charge is 0.871 e. The zero-order valence-electron chi connectivity index (χ0n) is 18.4. The van der Waals surface area contributed by atoms with E-state index in [-0.39, 0.29) is 63.0 Å². The zero-order valence-corrected chi connectivity index (χ0v) is 24.7. The van der Waals surface area contributed by atoms with Crippen LogP contribution >= 0.6 is 45.9 Å². The Morgan fingerprint density at radius 1 is 1.12 bits per heavy atom. The van der Waals surface area contributed by atoms with Crippen molar-refractivity contribution >= 4 is 63.4 Å². The second kappa shape index (κ2) is 12.4. The number of ether oxygens (including phenoxy) is 1. The van der Waals surface area contributed by atoms with E-state index >= 15 is 0 Å². The van der Waals surface area contributed by atoms with Gasteiger partial charge in [-0.1, -0.05) is 35.0 Å². The number of amides is 2. The van der Waals surface area contributed by atoms with Crippen LogP contribution in [0, 0.1) is 0 Å². The largest absolute Gasteiger partial charge is 1.00 e. The first-order valence-corrected chi connectivity index (χ1v) is 12.4. The van der Waals surface area contributed by atoms with Gasteiger partial charge in [0, 0.05) is 23.5 Å². The van der Waals surface area contributed by atoms with E-state index in [0.29, 0.717) is 67.8 Å². The molecule has 0 aliphatic carbocycles. The third-order valence-corrected chi connectivity index (χ3v) is 7.80. The molecule has 12 heteroatoms. The van der Waals surface area contributed by atoms with Crippen molar-refractivity contribution in [3.8, 4) is 16.2 Å². The number of halogens is 2. The van der Waals surface area contributed by atoms with Crippen LogP contribution in [-0.2, 0) is 4.74 Å². The Hall–Kier alpha value is -0.794. The number of hydrogen-bond acceptors (Lipinski definition) is 7. The Morgan fingerprint density at radius 2 is 1.82 bits per heavy atom. The maximum atomic E-state index is 12.8. The van der Waals surface area contributed by atoms with Gasteiger partial charge in [0.15, 0.2) is 0 Å². The third kappa shape index (κ3) is 6.30. The third-order valence-electron chi connectivity index (χ3n) is 4.98. The summed E-state index contributed by atoms with van der Waals surface area (Å²) < 4.78 is 5.26. The Balaban J connectivity index is 0.00000324. The van der Waals surface area contributed by atoms with E-state index in [2.05, 4.69) is 10.5 Å². The molecule has 0 atom stereocenters. The number of nitrogens with zero attached hydrogens (tertiary/aromatic N) is 2. The van der Waals surface area contributed by atoms with Gasteiger partial charge in [-0.25, -0.2) is 5.43 Å². The summed E-state index contributed by atoms with van der Waals surface area (Å²) in [4.78, 5) is 28.1. The average molecular weight is 563 g/mol. The number of hydrazone groups is 1. The molecule has 0 bridgehead atoms. The molecule has 1 N–H and O–H groups in total. The molecular weight excluding hydrogens is 544 g/mol. The Labute approximate surface area is 257 Å². The first-order valence-electron chi connectivity index (χ1n) is 9.91. The molecule has 172 valence electrons. The first kappa shape index (κ1) is 27.8. The fourth-order valence-corrected chi connectivity index (χ4v) is 5.34. The van der Waals surface area contributed by atoms with Gasteiger partial charge in [0.05, 0.1) is 38.7 Å². The quantitative estimate of drug-likeness (QED) is 0.290. The topological polar surface area (TPSA) is 94.1 Å². The van der Waals surface area contributed by atoms with Crippen LogP contribution in [-0.4, -0.2) is 48.7 Å². The number of rotatable bonds is 5. The van der Waals surface area contributed by atoms with Crippen LogP contribution in [0.4, 0.5) is 0 Å². The molecule has 2 amide bonds. The van der Waals surface area contributed by atoms with E-state index in [0.717, 1.165) is 11.3 Å². The summed E-state index contributed by atoms with van der Waals surface area (Å²) >= 11 is 14.4. The van der Waals surface area contributed by atoms with Gasteiger partial charge in [-0.15, -0.1) is 22.7 Å². The van der Waals surface area contributed by atoms with Gasteiger partial charge < -0.3 is 14.7 Å². The molecule has 0 radical (unpaired) electrons. The van der Waals surface area contributed by atoms with Crippen molar-refractivity contribution in [2.75, 3.05) is 26.3 Å². The molecule has 1 fully saturated rings. The second-order valence-electron chi connectivity index (χ2n) is 7.14. The van der Waals surface area contributed by atoms with E-state index in [1.807, 2.05) is 0 Å². The van der Waals surface area contributed by atoms with Gasteiger partial charge in [0.25, 0.3) is 11.8 Å². The summed E-state index contributed by atoms with van der Waals surface area (Å²) in [6, 6.07) is 8.22.